The molecule has 6 heteroatoms. The number of hydrogen-bond acceptors (Lipinski definition) is 4. The lowest BCUT2D eigenvalue weighted by Crippen LogP contribution is -2.47. The van der Waals surface area contributed by atoms with Gasteiger partial charge in [-0.15, -0.1) is 0 Å². The summed E-state index contributed by atoms with van der Waals surface area (Å²) in [6.07, 6.45) is 3.84. The number of aromatic nitrogens is 2. The summed E-state index contributed by atoms with van der Waals surface area (Å²) in [6.45, 7) is 3.94. The SMILES string of the molecule is Cc1nn(C)cc1NC(=O)CN1C[C@H]2CC[C@@H](C1)C2O. The number of hydrogen-bond donors (Lipinski definition) is 2. The second kappa shape index (κ2) is 5.18. The third-order valence-corrected chi connectivity index (χ3v) is 4.51. The molecule has 2 aliphatic rings. The molecule has 1 saturated heterocycles. The van der Waals surface area contributed by atoms with Crippen molar-refractivity contribution >= 4 is 11.6 Å². The standard InChI is InChI=1S/C14H22N4O2/c1-9-12(7-17(2)16-9)15-13(19)8-18-5-10-3-4-11(6-18)14(10)20/h7,10-11,14,20H,3-6,8H2,1-2H3,(H,15,19)/t10-,11+,14?. The number of nitrogens with one attached hydrogen (secondary N) is 1. The summed E-state index contributed by atoms with van der Waals surface area (Å²) in [4.78, 5) is 14.3. The highest BCUT2D eigenvalue weighted by Gasteiger charge is 2.41. The molecule has 20 heavy (non-hydrogen) atoms. The van der Waals surface area contributed by atoms with Crippen molar-refractivity contribution in [3.8, 4) is 0 Å². The minimum Gasteiger partial charge on any atom is -0.392 e. The van der Waals surface area contributed by atoms with Crippen molar-refractivity contribution in [2.75, 3.05) is 25.0 Å². The molecule has 1 aliphatic carbocycles. The Bertz CT molecular complexity index is 499. The van der Waals surface area contributed by atoms with Gasteiger partial charge in [0.15, 0.2) is 0 Å². The van der Waals surface area contributed by atoms with Gasteiger partial charge in [-0.2, -0.15) is 5.10 Å². The zero-order chi connectivity index (χ0) is 14.3. The molecule has 1 aromatic heterocycles. The molecule has 2 fully saturated rings. The number of amides is 1. The Balaban J connectivity index is 1.56. The first-order valence-electron chi connectivity index (χ1n) is 7.23. The van der Waals surface area contributed by atoms with Crippen LogP contribution in [0.2, 0.25) is 0 Å². The van der Waals surface area contributed by atoms with Crippen molar-refractivity contribution < 1.29 is 9.90 Å². The van der Waals surface area contributed by atoms with Gasteiger partial charge < -0.3 is 10.4 Å². The van der Waals surface area contributed by atoms with Crippen LogP contribution in [0.4, 0.5) is 5.69 Å². The molecule has 3 rings (SSSR count). The summed E-state index contributed by atoms with van der Waals surface area (Å²) in [5.41, 5.74) is 1.60. The molecule has 1 saturated carbocycles. The molecular formula is C14H22N4O2. The van der Waals surface area contributed by atoms with E-state index in [9.17, 15) is 9.90 Å². The molecule has 0 aromatic carbocycles. The van der Waals surface area contributed by atoms with Crippen LogP contribution < -0.4 is 5.32 Å². The maximum atomic E-state index is 12.1. The van der Waals surface area contributed by atoms with Crippen LogP contribution >= 0.6 is 0 Å². The summed E-state index contributed by atoms with van der Waals surface area (Å²) in [6, 6.07) is 0. The first kappa shape index (κ1) is 13.6. The van der Waals surface area contributed by atoms with Gasteiger partial charge in [0, 0.05) is 26.3 Å². The second-order valence-corrected chi connectivity index (χ2v) is 6.13. The molecule has 2 heterocycles. The monoisotopic (exact) mass is 278 g/mol. The maximum Gasteiger partial charge on any atom is 0.238 e. The van der Waals surface area contributed by atoms with Crippen LogP contribution in [0, 0.1) is 18.8 Å². The number of nitrogens with zero attached hydrogens (tertiary/aromatic N) is 3. The lowest BCUT2D eigenvalue weighted by atomic mass is 9.95. The molecule has 2 bridgehead atoms. The number of anilines is 1. The van der Waals surface area contributed by atoms with Crippen LogP contribution in [0.25, 0.3) is 0 Å². The van der Waals surface area contributed by atoms with Gasteiger partial charge in [0.2, 0.25) is 5.91 Å². The van der Waals surface area contributed by atoms with Crippen LogP contribution in [0.5, 0.6) is 0 Å². The fraction of sp³-hybridized carbons (Fsp3) is 0.714. The molecule has 1 amide bonds. The van der Waals surface area contributed by atoms with E-state index in [1.165, 1.54) is 0 Å². The van der Waals surface area contributed by atoms with Crippen LogP contribution in [0.15, 0.2) is 6.20 Å². The van der Waals surface area contributed by atoms with E-state index in [0.717, 1.165) is 37.3 Å². The number of likely N-dealkylation sites (tertiary alicyclic amines) is 1. The summed E-state index contributed by atoms with van der Waals surface area (Å²) in [5.74, 6) is 0.695. The Morgan fingerprint density at radius 1 is 1.45 bits per heavy atom. The summed E-state index contributed by atoms with van der Waals surface area (Å²) >= 11 is 0. The molecular weight excluding hydrogens is 256 g/mol. The van der Waals surface area contributed by atoms with Crippen LogP contribution in [-0.2, 0) is 11.8 Å². The van der Waals surface area contributed by atoms with Crippen molar-refractivity contribution in [2.24, 2.45) is 18.9 Å². The first-order chi connectivity index (χ1) is 9.52. The molecule has 3 atom stereocenters. The highest BCUT2D eigenvalue weighted by atomic mass is 16.3. The zero-order valence-electron chi connectivity index (χ0n) is 12.0. The maximum absolute atomic E-state index is 12.1. The zero-order valence-corrected chi connectivity index (χ0v) is 12.0. The van der Waals surface area contributed by atoms with Crippen molar-refractivity contribution in [1.29, 1.82) is 0 Å². The number of carbonyl (C=O) groups excluding carboxylic acids is 1. The van der Waals surface area contributed by atoms with Crippen LogP contribution in [0.3, 0.4) is 0 Å². The summed E-state index contributed by atoms with van der Waals surface area (Å²) in [5, 5.41) is 17.1. The van der Waals surface area contributed by atoms with Crippen molar-refractivity contribution in [3.63, 3.8) is 0 Å². The number of fused-ring (bicyclic) bond motifs is 2. The fourth-order valence-corrected chi connectivity index (χ4v) is 3.54. The third kappa shape index (κ3) is 2.58. The van der Waals surface area contributed by atoms with Crippen LogP contribution in [0.1, 0.15) is 18.5 Å². The fourth-order valence-electron chi connectivity index (χ4n) is 3.54. The van der Waals surface area contributed by atoms with Gasteiger partial charge >= 0.3 is 0 Å². The topological polar surface area (TPSA) is 70.4 Å². The van der Waals surface area contributed by atoms with E-state index in [2.05, 4.69) is 15.3 Å². The Labute approximate surface area is 118 Å². The Morgan fingerprint density at radius 2 is 2.10 bits per heavy atom. The average Bonchev–Trinajstić information content (AvgIpc) is 2.78. The van der Waals surface area contributed by atoms with Crippen molar-refractivity contribution in [2.45, 2.75) is 25.9 Å². The average molecular weight is 278 g/mol. The molecule has 110 valence electrons. The van der Waals surface area contributed by atoms with E-state index in [0.29, 0.717) is 18.4 Å². The van der Waals surface area contributed by atoms with E-state index in [1.54, 1.807) is 4.68 Å². The third-order valence-electron chi connectivity index (χ3n) is 4.51. The molecule has 1 aromatic rings. The van der Waals surface area contributed by atoms with E-state index in [1.807, 2.05) is 20.2 Å². The minimum absolute atomic E-state index is 0.00288. The molecule has 0 radical (unpaired) electrons. The van der Waals surface area contributed by atoms with E-state index in [-0.39, 0.29) is 12.0 Å². The van der Waals surface area contributed by atoms with Gasteiger partial charge in [0.05, 0.1) is 24.0 Å². The molecule has 1 aliphatic heterocycles. The number of aliphatic hydroxyl groups is 1. The molecule has 2 N–H and O–H groups in total. The van der Waals surface area contributed by atoms with Crippen molar-refractivity contribution in [3.05, 3.63) is 11.9 Å². The number of rotatable bonds is 3. The molecule has 0 spiro atoms. The predicted molar refractivity (Wildman–Crippen MR) is 75.2 cm³/mol. The van der Waals surface area contributed by atoms with E-state index in [4.69, 9.17) is 0 Å². The first-order valence-corrected chi connectivity index (χ1v) is 7.23. The largest absolute Gasteiger partial charge is 0.392 e. The number of piperidine rings is 1. The quantitative estimate of drug-likeness (QED) is 0.838. The number of aryl methyl sites for hydroxylation is 2. The van der Waals surface area contributed by atoms with Gasteiger partial charge in [0.1, 0.15) is 0 Å². The highest BCUT2D eigenvalue weighted by Crippen LogP contribution is 2.36. The lowest BCUT2D eigenvalue weighted by Gasteiger charge is -2.34. The van der Waals surface area contributed by atoms with Crippen LogP contribution in [-0.4, -0.2) is 51.4 Å². The Kier molecular flexibility index (Phi) is 3.52. The lowest BCUT2D eigenvalue weighted by molar-refractivity contribution is -0.118. The second-order valence-electron chi connectivity index (χ2n) is 6.13. The molecule has 1 unspecified atom stereocenters. The number of carbonyl (C=O) groups is 1. The summed E-state index contributed by atoms with van der Waals surface area (Å²) in [7, 11) is 1.84. The number of aliphatic hydroxyl groups excluding tert-OH is 1. The smallest absolute Gasteiger partial charge is 0.238 e. The predicted octanol–water partition coefficient (Wildman–Crippen LogP) is 0.370. The Morgan fingerprint density at radius 3 is 2.65 bits per heavy atom. The minimum atomic E-state index is -0.158. The van der Waals surface area contributed by atoms with Gasteiger partial charge in [-0.05, 0) is 31.6 Å². The van der Waals surface area contributed by atoms with Gasteiger partial charge in [-0.1, -0.05) is 0 Å². The van der Waals surface area contributed by atoms with Gasteiger partial charge in [-0.25, -0.2) is 0 Å². The van der Waals surface area contributed by atoms with Gasteiger partial charge in [0.25, 0.3) is 0 Å². The highest BCUT2D eigenvalue weighted by molar-refractivity contribution is 5.92. The normalized spacial score (nSPS) is 29.6. The van der Waals surface area contributed by atoms with E-state index >= 15 is 0 Å². The Hall–Kier alpha value is -1.40. The van der Waals surface area contributed by atoms with Gasteiger partial charge in [-0.3, -0.25) is 14.4 Å². The van der Waals surface area contributed by atoms with Crippen molar-refractivity contribution in [1.82, 2.24) is 14.7 Å². The van der Waals surface area contributed by atoms with E-state index < -0.39 is 0 Å². The molecule has 6 nitrogen and oxygen atoms in total. The summed E-state index contributed by atoms with van der Waals surface area (Å²) < 4.78 is 1.70.